The molecule has 13 nitrogen and oxygen atoms in total. The molecule has 0 aliphatic heterocycles. The second-order valence-electron chi connectivity index (χ2n) is 14.3. The minimum absolute atomic E-state index is 0.0110. The van der Waals surface area contributed by atoms with Crippen LogP contribution < -0.4 is 15.6 Å². The lowest BCUT2D eigenvalue weighted by Crippen LogP contribution is -2.38. The molecule has 0 saturated heterocycles. The summed E-state index contributed by atoms with van der Waals surface area (Å²) < 4.78 is 118. The number of alkyl halides is 4. The van der Waals surface area contributed by atoms with Gasteiger partial charge < -0.3 is 5.32 Å². The fourth-order valence-corrected chi connectivity index (χ4v) is 8.54. The lowest BCUT2D eigenvalue weighted by atomic mass is 10.0. The van der Waals surface area contributed by atoms with Gasteiger partial charge in [0.1, 0.15) is 35.4 Å². The molecule has 0 spiro atoms. The highest BCUT2D eigenvalue weighted by atomic mass is 35.5. The Kier molecular flexibility index (Phi) is 9.22. The number of fused-ring (bicyclic) bond motifs is 5. The number of hydrogen-bond acceptors (Lipinski definition) is 8. The molecule has 0 radical (unpaired) electrons. The van der Waals surface area contributed by atoms with E-state index in [4.69, 9.17) is 16.6 Å². The molecule has 6 aromatic rings. The molecule has 2 aliphatic carbocycles. The molecule has 21 heteroatoms. The van der Waals surface area contributed by atoms with Crippen LogP contribution in [0.25, 0.3) is 27.5 Å². The smallest absolute Gasteiger partial charge is 0.293 e. The van der Waals surface area contributed by atoms with Gasteiger partial charge in [0.05, 0.1) is 44.8 Å². The van der Waals surface area contributed by atoms with Gasteiger partial charge in [-0.25, -0.2) is 31.0 Å². The van der Waals surface area contributed by atoms with E-state index in [1.165, 1.54) is 49.0 Å². The van der Waals surface area contributed by atoms with Gasteiger partial charge in [-0.05, 0) is 61.2 Å². The molecule has 1 fully saturated rings. The third-order valence-corrected chi connectivity index (χ3v) is 11.1. The van der Waals surface area contributed by atoms with Crippen LogP contribution in [0.3, 0.4) is 0 Å². The second-order valence-corrected chi connectivity index (χ2v) is 16.5. The van der Waals surface area contributed by atoms with Crippen LogP contribution in [-0.2, 0) is 40.8 Å². The highest BCUT2D eigenvalue weighted by Crippen LogP contribution is 2.68. The van der Waals surface area contributed by atoms with E-state index in [1.54, 1.807) is 0 Å². The number of benzene rings is 3. The summed E-state index contributed by atoms with van der Waals surface area (Å²) >= 11 is 6.56. The summed E-state index contributed by atoms with van der Waals surface area (Å²) in [5, 5.41) is 10.6. The van der Waals surface area contributed by atoms with E-state index in [9.17, 15) is 40.4 Å². The van der Waals surface area contributed by atoms with Crippen molar-refractivity contribution < 1.29 is 44.3 Å². The summed E-state index contributed by atoms with van der Waals surface area (Å²) in [6.07, 6.45) is -2.83. The van der Waals surface area contributed by atoms with Crippen molar-refractivity contribution in [3.05, 3.63) is 109 Å². The number of halogens is 7. The Morgan fingerprint density at radius 3 is 2.41 bits per heavy atom. The number of Topliss-reactive ketones (excluding diaryl/α,β-unsaturated/α-hetero) is 1. The molecule has 58 heavy (non-hydrogen) atoms. The second kappa shape index (κ2) is 13.7. The summed E-state index contributed by atoms with van der Waals surface area (Å²) in [6, 6.07) is 7.72. The Hall–Kier alpha value is -5.76. The number of amides is 1. The Morgan fingerprint density at radius 2 is 1.76 bits per heavy atom. The average molecular weight is 847 g/mol. The van der Waals surface area contributed by atoms with E-state index < -0.39 is 87.7 Å². The van der Waals surface area contributed by atoms with Crippen LogP contribution in [0.2, 0.25) is 5.02 Å². The quantitative estimate of drug-likeness (QED) is 0.115. The molecule has 3 atom stereocenters. The van der Waals surface area contributed by atoms with Crippen molar-refractivity contribution in [1.82, 2.24) is 34.4 Å². The zero-order chi connectivity index (χ0) is 41.7. The first-order valence-electron chi connectivity index (χ1n) is 17.5. The van der Waals surface area contributed by atoms with Crippen molar-refractivity contribution in [3.8, 4) is 5.69 Å². The number of carbonyl (C=O) groups is 2. The molecule has 0 bridgehead atoms. The molecule has 2 N–H and O–H groups in total. The number of nitrogens with one attached hydrogen (secondary N) is 2. The fourth-order valence-electron chi connectivity index (χ4n) is 7.80. The fraction of sp³-hybridized carbons (Fsp3) is 0.297. The van der Waals surface area contributed by atoms with Gasteiger partial charge in [-0.3, -0.25) is 33.0 Å². The standard InChI is InChI=1S/C37H29ClF6N8O5S/c1-15(53)17-4-5-20-24(11-17)46-35(52(36(20)55)26-7-6-23(38)29-31(26)50(2)48-34(29)49-58(3,56)57)25(10-16-8-18(39)12-19(40)9-16)45-27(54)14-51-32-28(30(47-51)33(41)42)21-13-22(21)37(32,43)44/h4-9,11-12,21-22,25,33H,10,13-14H2,1-3H3,(H,45,54)(H,48,49)/t21-,22+,25-/m0/s1. The number of hydrogen-bond donors (Lipinski definition) is 2. The lowest BCUT2D eigenvalue weighted by molar-refractivity contribution is -0.123. The third-order valence-electron chi connectivity index (χ3n) is 10.2. The largest absolute Gasteiger partial charge is 0.344 e. The number of sulfonamides is 1. The highest BCUT2D eigenvalue weighted by Gasteiger charge is 2.67. The predicted octanol–water partition coefficient (Wildman–Crippen LogP) is 6.22. The Bertz CT molecular complexity index is 2910. The van der Waals surface area contributed by atoms with Gasteiger partial charge in [-0.1, -0.05) is 17.7 Å². The molecule has 8 rings (SSSR count). The van der Waals surface area contributed by atoms with Gasteiger partial charge >= 0.3 is 0 Å². The van der Waals surface area contributed by atoms with E-state index in [2.05, 4.69) is 20.2 Å². The molecule has 1 saturated carbocycles. The first kappa shape index (κ1) is 39.1. The average Bonchev–Trinajstić information content (AvgIpc) is 3.66. The monoisotopic (exact) mass is 846 g/mol. The van der Waals surface area contributed by atoms with Gasteiger partial charge in [0.2, 0.25) is 15.9 Å². The van der Waals surface area contributed by atoms with Gasteiger partial charge in [-0.2, -0.15) is 19.0 Å². The molecular weight excluding hydrogens is 818 g/mol. The third kappa shape index (κ3) is 6.66. The number of aryl methyl sites for hydroxylation is 1. The van der Waals surface area contributed by atoms with Crippen molar-refractivity contribution in [2.45, 2.75) is 50.6 Å². The van der Waals surface area contributed by atoms with Crippen molar-refractivity contribution in [2.24, 2.45) is 13.0 Å². The van der Waals surface area contributed by atoms with Crippen LogP contribution in [0.4, 0.5) is 32.2 Å². The molecule has 3 aromatic carbocycles. The van der Waals surface area contributed by atoms with E-state index in [-0.39, 0.29) is 73.1 Å². The molecule has 3 heterocycles. The van der Waals surface area contributed by atoms with E-state index >= 15 is 8.78 Å². The predicted molar refractivity (Wildman–Crippen MR) is 198 cm³/mol. The van der Waals surface area contributed by atoms with Crippen molar-refractivity contribution in [1.29, 1.82) is 0 Å². The van der Waals surface area contributed by atoms with Gasteiger partial charge in [0.25, 0.3) is 17.9 Å². The van der Waals surface area contributed by atoms with Gasteiger partial charge in [-0.15, -0.1) is 0 Å². The Labute approximate surface area is 328 Å². The minimum Gasteiger partial charge on any atom is -0.344 e. The van der Waals surface area contributed by atoms with Crippen molar-refractivity contribution in [3.63, 3.8) is 0 Å². The molecule has 2 aliphatic rings. The summed E-state index contributed by atoms with van der Waals surface area (Å²) in [6.45, 7) is 0.274. The molecule has 3 aromatic heterocycles. The normalized spacial score (nSPS) is 17.4. The van der Waals surface area contributed by atoms with Crippen LogP contribution >= 0.6 is 11.6 Å². The van der Waals surface area contributed by atoms with Crippen LogP contribution in [-0.4, -0.2) is 55.5 Å². The first-order valence-corrected chi connectivity index (χ1v) is 19.7. The van der Waals surface area contributed by atoms with Crippen molar-refractivity contribution >= 4 is 60.9 Å². The zero-order valence-corrected chi connectivity index (χ0v) is 31.9. The molecular formula is C37H29ClF6N8O5S. The highest BCUT2D eigenvalue weighted by molar-refractivity contribution is 7.92. The van der Waals surface area contributed by atoms with E-state index in [1.807, 2.05) is 0 Å². The number of nitrogens with zero attached hydrogens (tertiary/aromatic N) is 6. The zero-order valence-electron chi connectivity index (χ0n) is 30.3. The van der Waals surface area contributed by atoms with Gasteiger partial charge in [0.15, 0.2) is 11.6 Å². The topological polar surface area (TPSA) is 163 Å². The lowest BCUT2D eigenvalue weighted by Gasteiger charge is -2.24. The first-order chi connectivity index (χ1) is 27.2. The summed E-state index contributed by atoms with van der Waals surface area (Å²) in [5.41, 5.74) is -2.67. The number of anilines is 1. The summed E-state index contributed by atoms with van der Waals surface area (Å²) in [4.78, 5) is 45.8. The minimum atomic E-state index is -3.91. The van der Waals surface area contributed by atoms with E-state index in [0.717, 1.165) is 23.0 Å². The summed E-state index contributed by atoms with van der Waals surface area (Å²) in [7, 11) is -2.48. The maximum Gasteiger partial charge on any atom is 0.293 e. The Morgan fingerprint density at radius 1 is 1.05 bits per heavy atom. The molecule has 0 unspecified atom stereocenters. The molecule has 302 valence electrons. The maximum absolute atomic E-state index is 15.4. The Balaban J connectivity index is 1.34. The van der Waals surface area contributed by atoms with Crippen LogP contribution in [0.5, 0.6) is 0 Å². The number of aromatic nitrogens is 6. The number of carbonyl (C=O) groups excluding carboxylic acids is 2. The SMILES string of the molecule is CC(=O)c1ccc2c(=O)n(-c3ccc(Cl)c4c(NS(C)(=O)=O)nn(C)c34)c([C@H](Cc3cc(F)cc(F)c3)NC(=O)Cn3nc(C(F)F)c4c3C(F)(F)[C@@H]3C[C@H]43)nc2c1. The van der Waals surface area contributed by atoms with E-state index in [0.29, 0.717) is 10.7 Å². The molecule has 1 amide bonds. The van der Waals surface area contributed by atoms with Crippen LogP contribution in [0.1, 0.15) is 70.4 Å². The van der Waals surface area contributed by atoms with Gasteiger partial charge in [0, 0.05) is 36.6 Å². The number of rotatable bonds is 11. The number of ketones is 1. The van der Waals surface area contributed by atoms with Crippen molar-refractivity contribution in [2.75, 3.05) is 11.0 Å². The van der Waals surface area contributed by atoms with Crippen LogP contribution in [0.15, 0.2) is 53.3 Å². The van der Waals surface area contributed by atoms with Crippen LogP contribution in [0, 0.1) is 17.6 Å². The summed E-state index contributed by atoms with van der Waals surface area (Å²) in [5.74, 6) is -9.59. The maximum atomic E-state index is 15.4.